The van der Waals surface area contributed by atoms with Crippen LogP contribution in [0.4, 0.5) is 5.69 Å². The number of anilines is 1. The number of hydrogen-bond acceptors (Lipinski definition) is 4. The minimum atomic E-state index is 0.588. The van der Waals surface area contributed by atoms with E-state index in [1.807, 2.05) is 31.9 Å². The average Bonchev–Trinajstić information content (AvgIpc) is 2.75. The van der Waals surface area contributed by atoms with E-state index in [0.717, 1.165) is 17.9 Å². The number of nitrogens with zero attached hydrogens (tertiary/aromatic N) is 4. The molecule has 0 amide bonds. The van der Waals surface area contributed by atoms with Crippen molar-refractivity contribution in [3.8, 4) is 0 Å². The highest BCUT2D eigenvalue weighted by Gasteiger charge is 2.06. The van der Waals surface area contributed by atoms with Crippen molar-refractivity contribution in [2.75, 3.05) is 11.9 Å². The quantitative estimate of drug-likeness (QED) is 0.827. The lowest BCUT2D eigenvalue weighted by Crippen LogP contribution is -2.15. The van der Waals surface area contributed by atoms with Gasteiger partial charge in [-0.1, -0.05) is 11.6 Å². The highest BCUT2D eigenvalue weighted by atomic mass is 35.5. The zero-order chi connectivity index (χ0) is 10.8. The number of aromatic nitrogens is 3. The second-order valence-corrected chi connectivity index (χ2v) is 4.76. The lowest BCUT2D eigenvalue weighted by Gasteiger charge is -2.14. The summed E-state index contributed by atoms with van der Waals surface area (Å²) in [7, 11) is 3.90. The van der Waals surface area contributed by atoms with E-state index in [1.54, 1.807) is 4.68 Å². The van der Waals surface area contributed by atoms with Gasteiger partial charge in [0.25, 0.3) is 0 Å². The Kier molecular flexibility index (Phi) is 2.93. The van der Waals surface area contributed by atoms with Crippen LogP contribution in [0.25, 0.3) is 0 Å². The molecular weight excluding hydrogens is 232 g/mol. The molecule has 2 rings (SSSR count). The van der Waals surface area contributed by atoms with Crippen LogP contribution in [-0.4, -0.2) is 21.8 Å². The predicted octanol–water partition coefficient (Wildman–Crippen LogP) is 2.17. The van der Waals surface area contributed by atoms with E-state index in [4.69, 9.17) is 11.6 Å². The summed E-state index contributed by atoms with van der Waals surface area (Å²) in [6, 6.07) is 0. The fourth-order valence-electron chi connectivity index (χ4n) is 1.29. The van der Waals surface area contributed by atoms with Crippen molar-refractivity contribution >= 4 is 28.6 Å². The van der Waals surface area contributed by atoms with Crippen LogP contribution in [0.1, 0.15) is 5.69 Å². The van der Waals surface area contributed by atoms with Crippen LogP contribution in [0.15, 0.2) is 17.8 Å². The molecule has 0 aliphatic carbocycles. The minimum absolute atomic E-state index is 0.588. The molecule has 0 spiro atoms. The zero-order valence-corrected chi connectivity index (χ0v) is 10.1. The SMILES string of the molecule is CN(Cc1csc(Cl)n1)c1cnn(C)c1. The molecule has 2 heterocycles. The first kappa shape index (κ1) is 10.4. The summed E-state index contributed by atoms with van der Waals surface area (Å²) in [6.45, 7) is 0.745. The maximum atomic E-state index is 5.77. The summed E-state index contributed by atoms with van der Waals surface area (Å²) in [5.74, 6) is 0. The zero-order valence-electron chi connectivity index (χ0n) is 8.51. The van der Waals surface area contributed by atoms with E-state index in [2.05, 4.69) is 15.0 Å². The van der Waals surface area contributed by atoms with Gasteiger partial charge in [-0.3, -0.25) is 4.68 Å². The van der Waals surface area contributed by atoms with Gasteiger partial charge in [0.15, 0.2) is 4.47 Å². The van der Waals surface area contributed by atoms with Gasteiger partial charge < -0.3 is 4.90 Å². The van der Waals surface area contributed by atoms with Crippen molar-refractivity contribution in [3.05, 3.63) is 27.9 Å². The molecular formula is C9H11ClN4S. The fraction of sp³-hybridized carbons (Fsp3) is 0.333. The number of thiazole rings is 1. The van der Waals surface area contributed by atoms with Crippen molar-refractivity contribution in [2.24, 2.45) is 7.05 Å². The fourth-order valence-corrected chi connectivity index (χ4v) is 2.07. The Balaban J connectivity index is 2.06. The molecule has 6 heteroatoms. The van der Waals surface area contributed by atoms with Crippen LogP contribution in [-0.2, 0) is 13.6 Å². The van der Waals surface area contributed by atoms with Crippen molar-refractivity contribution in [3.63, 3.8) is 0 Å². The highest BCUT2D eigenvalue weighted by Crippen LogP contribution is 2.18. The third-order valence-corrected chi connectivity index (χ3v) is 3.08. The Morgan fingerprint density at radius 3 is 2.93 bits per heavy atom. The smallest absolute Gasteiger partial charge is 0.183 e. The van der Waals surface area contributed by atoms with Crippen LogP contribution >= 0.6 is 22.9 Å². The molecule has 0 N–H and O–H groups in total. The Hall–Kier alpha value is -1.07. The molecule has 0 aliphatic heterocycles. The van der Waals surface area contributed by atoms with Gasteiger partial charge in [0, 0.05) is 25.7 Å². The third-order valence-electron chi connectivity index (χ3n) is 2.05. The third kappa shape index (κ3) is 2.49. The van der Waals surface area contributed by atoms with E-state index >= 15 is 0 Å². The summed E-state index contributed by atoms with van der Waals surface area (Å²) < 4.78 is 2.37. The number of aryl methyl sites for hydroxylation is 1. The lowest BCUT2D eigenvalue weighted by atomic mass is 10.4. The van der Waals surface area contributed by atoms with Gasteiger partial charge in [-0.2, -0.15) is 5.10 Å². The standard InChI is InChI=1S/C9H11ClN4S/c1-13(8-3-11-14(2)5-8)4-7-6-15-9(10)12-7/h3,5-6H,4H2,1-2H3. The Bertz CT molecular complexity index is 450. The molecule has 0 aromatic carbocycles. The maximum absolute atomic E-state index is 5.77. The van der Waals surface area contributed by atoms with Crippen molar-refractivity contribution < 1.29 is 0 Å². The van der Waals surface area contributed by atoms with Crippen molar-refractivity contribution in [1.82, 2.24) is 14.8 Å². The molecule has 80 valence electrons. The molecule has 0 aliphatic rings. The molecule has 0 saturated carbocycles. The largest absolute Gasteiger partial charge is 0.366 e. The number of halogens is 1. The minimum Gasteiger partial charge on any atom is -0.366 e. The molecule has 2 aromatic rings. The average molecular weight is 243 g/mol. The van der Waals surface area contributed by atoms with E-state index in [1.165, 1.54) is 11.3 Å². The second-order valence-electron chi connectivity index (χ2n) is 3.32. The lowest BCUT2D eigenvalue weighted by molar-refractivity contribution is 0.767. The van der Waals surface area contributed by atoms with Gasteiger partial charge >= 0.3 is 0 Å². The summed E-state index contributed by atoms with van der Waals surface area (Å²) in [5.41, 5.74) is 2.05. The molecule has 15 heavy (non-hydrogen) atoms. The number of hydrogen-bond donors (Lipinski definition) is 0. The molecule has 4 nitrogen and oxygen atoms in total. The van der Waals surface area contributed by atoms with E-state index in [-0.39, 0.29) is 0 Å². The van der Waals surface area contributed by atoms with Crippen LogP contribution in [0.2, 0.25) is 4.47 Å². The van der Waals surface area contributed by atoms with Crippen LogP contribution < -0.4 is 4.90 Å². The van der Waals surface area contributed by atoms with Gasteiger partial charge in [-0.25, -0.2) is 4.98 Å². The van der Waals surface area contributed by atoms with Gasteiger partial charge in [0.2, 0.25) is 0 Å². The Morgan fingerprint density at radius 2 is 2.40 bits per heavy atom. The van der Waals surface area contributed by atoms with Crippen molar-refractivity contribution in [2.45, 2.75) is 6.54 Å². The first-order valence-electron chi connectivity index (χ1n) is 4.45. The number of rotatable bonds is 3. The van der Waals surface area contributed by atoms with Gasteiger partial charge in [0.1, 0.15) is 0 Å². The Morgan fingerprint density at radius 1 is 1.60 bits per heavy atom. The predicted molar refractivity (Wildman–Crippen MR) is 62.4 cm³/mol. The summed E-state index contributed by atoms with van der Waals surface area (Å²) in [6.07, 6.45) is 3.79. The first-order chi connectivity index (χ1) is 7.15. The van der Waals surface area contributed by atoms with Crippen LogP contribution in [0.5, 0.6) is 0 Å². The molecule has 0 atom stereocenters. The molecule has 0 unspecified atom stereocenters. The molecule has 0 radical (unpaired) electrons. The van der Waals surface area contributed by atoms with Gasteiger partial charge in [-0.05, 0) is 0 Å². The second kappa shape index (κ2) is 4.20. The molecule has 2 aromatic heterocycles. The van der Waals surface area contributed by atoms with Crippen LogP contribution in [0, 0.1) is 0 Å². The highest BCUT2D eigenvalue weighted by molar-refractivity contribution is 7.13. The summed E-state index contributed by atoms with van der Waals surface area (Å²) >= 11 is 7.22. The van der Waals surface area contributed by atoms with E-state index < -0.39 is 0 Å². The monoisotopic (exact) mass is 242 g/mol. The summed E-state index contributed by atoms with van der Waals surface area (Å²) in [4.78, 5) is 6.28. The molecule has 0 saturated heterocycles. The van der Waals surface area contributed by atoms with Crippen LogP contribution in [0.3, 0.4) is 0 Å². The molecule has 0 fully saturated rings. The summed E-state index contributed by atoms with van der Waals surface area (Å²) in [5, 5.41) is 6.08. The van der Waals surface area contributed by atoms with Gasteiger partial charge in [0.05, 0.1) is 24.1 Å². The molecule has 0 bridgehead atoms. The first-order valence-corrected chi connectivity index (χ1v) is 5.70. The van der Waals surface area contributed by atoms with E-state index in [0.29, 0.717) is 4.47 Å². The van der Waals surface area contributed by atoms with Gasteiger partial charge in [-0.15, -0.1) is 11.3 Å². The van der Waals surface area contributed by atoms with E-state index in [9.17, 15) is 0 Å². The normalized spacial score (nSPS) is 10.6. The topological polar surface area (TPSA) is 34.0 Å². The maximum Gasteiger partial charge on any atom is 0.183 e. The Labute approximate surface area is 97.1 Å². The van der Waals surface area contributed by atoms with Crippen molar-refractivity contribution in [1.29, 1.82) is 0 Å².